The number of nitrogens with zero attached hydrogens (tertiary/aromatic N) is 3. The summed E-state index contributed by atoms with van der Waals surface area (Å²) >= 11 is 0. The fraction of sp³-hybridized carbons (Fsp3) is 0.389. The van der Waals surface area contributed by atoms with E-state index in [0.717, 1.165) is 12.8 Å². The number of ether oxygens (including phenoxy) is 2. The predicted octanol–water partition coefficient (Wildman–Crippen LogP) is 2.56. The van der Waals surface area contributed by atoms with Crippen LogP contribution in [0.5, 0.6) is 11.8 Å². The van der Waals surface area contributed by atoms with Crippen LogP contribution in [0.1, 0.15) is 23.2 Å². The van der Waals surface area contributed by atoms with E-state index in [1.807, 2.05) is 0 Å². The van der Waals surface area contributed by atoms with E-state index in [-0.39, 0.29) is 17.6 Å². The summed E-state index contributed by atoms with van der Waals surface area (Å²) in [6, 6.07) is 6.34. The van der Waals surface area contributed by atoms with Gasteiger partial charge in [0.05, 0.1) is 13.7 Å². The molecule has 1 amide bonds. The van der Waals surface area contributed by atoms with Gasteiger partial charge < -0.3 is 14.4 Å². The van der Waals surface area contributed by atoms with E-state index in [0.29, 0.717) is 31.3 Å². The van der Waals surface area contributed by atoms with Crippen molar-refractivity contribution in [3.05, 3.63) is 48.0 Å². The molecule has 0 bridgehead atoms. The predicted molar refractivity (Wildman–Crippen MR) is 89.1 cm³/mol. The van der Waals surface area contributed by atoms with Crippen molar-refractivity contribution in [2.45, 2.75) is 12.8 Å². The van der Waals surface area contributed by atoms with Gasteiger partial charge in [-0.2, -0.15) is 0 Å². The number of piperidine rings is 1. The Morgan fingerprint density at radius 3 is 2.88 bits per heavy atom. The molecular weight excluding hydrogens is 325 g/mol. The Hall–Kier alpha value is -2.70. The normalized spacial score (nSPS) is 17.2. The molecule has 1 fully saturated rings. The molecule has 0 N–H and O–H groups in total. The minimum absolute atomic E-state index is 0.129. The molecule has 1 aromatic heterocycles. The summed E-state index contributed by atoms with van der Waals surface area (Å²) in [4.78, 5) is 22.4. The molecule has 2 aromatic rings. The van der Waals surface area contributed by atoms with Gasteiger partial charge in [-0.15, -0.1) is 0 Å². The van der Waals surface area contributed by atoms with Gasteiger partial charge in [0.1, 0.15) is 0 Å². The summed E-state index contributed by atoms with van der Waals surface area (Å²) in [6.07, 6.45) is 5.09. The monoisotopic (exact) mass is 345 g/mol. The zero-order valence-corrected chi connectivity index (χ0v) is 14.0. The molecule has 1 aliphatic rings. The smallest absolute Gasteiger partial charge is 0.316 e. The van der Waals surface area contributed by atoms with E-state index in [1.165, 1.54) is 19.2 Å². The van der Waals surface area contributed by atoms with Crippen molar-refractivity contribution in [3.8, 4) is 11.8 Å². The molecule has 6 nitrogen and oxygen atoms in total. The summed E-state index contributed by atoms with van der Waals surface area (Å²) < 4.78 is 24.3. The summed E-state index contributed by atoms with van der Waals surface area (Å²) in [5, 5.41) is 0. The number of hydrogen-bond acceptors (Lipinski definition) is 5. The maximum atomic E-state index is 13.8. The molecule has 0 radical (unpaired) electrons. The van der Waals surface area contributed by atoms with Gasteiger partial charge in [-0.25, -0.2) is 14.4 Å². The first kappa shape index (κ1) is 17.1. The van der Waals surface area contributed by atoms with Crippen molar-refractivity contribution in [1.82, 2.24) is 14.9 Å². The summed E-state index contributed by atoms with van der Waals surface area (Å²) in [5.74, 6) is -0.386. The Labute approximate surface area is 145 Å². The lowest BCUT2D eigenvalue weighted by atomic mass is 9.98. The first-order chi connectivity index (χ1) is 12.2. The number of carbonyl (C=O) groups excluding carboxylic acids is 1. The van der Waals surface area contributed by atoms with Gasteiger partial charge in [-0.1, -0.05) is 0 Å². The summed E-state index contributed by atoms with van der Waals surface area (Å²) in [5.41, 5.74) is 0.325. The molecule has 2 heterocycles. The second-order valence-corrected chi connectivity index (χ2v) is 5.95. The molecule has 0 spiro atoms. The van der Waals surface area contributed by atoms with Gasteiger partial charge in [0, 0.05) is 37.0 Å². The lowest BCUT2D eigenvalue weighted by Gasteiger charge is -2.32. The van der Waals surface area contributed by atoms with Crippen molar-refractivity contribution in [1.29, 1.82) is 0 Å². The Morgan fingerprint density at radius 2 is 2.16 bits per heavy atom. The van der Waals surface area contributed by atoms with Crippen LogP contribution >= 0.6 is 0 Å². The molecule has 7 heteroatoms. The number of methoxy groups -OCH3 is 1. The summed E-state index contributed by atoms with van der Waals surface area (Å²) in [7, 11) is 1.39. The second kappa shape index (κ2) is 7.92. The zero-order chi connectivity index (χ0) is 17.6. The third kappa shape index (κ3) is 4.23. The second-order valence-electron chi connectivity index (χ2n) is 5.95. The van der Waals surface area contributed by atoms with E-state index in [2.05, 4.69) is 9.97 Å². The SMILES string of the molecule is COc1ccc(C(=O)N2CCCC(COc3ncccn3)C2)cc1F. The van der Waals surface area contributed by atoms with Crippen LogP contribution in [0, 0.1) is 11.7 Å². The van der Waals surface area contributed by atoms with Crippen molar-refractivity contribution < 1.29 is 18.7 Å². The highest BCUT2D eigenvalue weighted by Gasteiger charge is 2.25. The minimum Gasteiger partial charge on any atom is -0.494 e. The maximum absolute atomic E-state index is 13.8. The van der Waals surface area contributed by atoms with Crippen molar-refractivity contribution >= 4 is 5.91 Å². The van der Waals surface area contributed by atoms with Gasteiger partial charge in [-0.3, -0.25) is 4.79 Å². The third-order valence-electron chi connectivity index (χ3n) is 4.20. The van der Waals surface area contributed by atoms with Crippen LogP contribution in [0.25, 0.3) is 0 Å². The average Bonchev–Trinajstić information content (AvgIpc) is 2.67. The quantitative estimate of drug-likeness (QED) is 0.833. The van der Waals surface area contributed by atoms with Gasteiger partial charge >= 0.3 is 6.01 Å². The molecule has 0 saturated carbocycles. The standard InChI is InChI=1S/C18H20FN3O3/c1-24-16-6-5-14(10-15(16)19)17(23)22-9-2-4-13(11-22)12-25-18-20-7-3-8-21-18/h3,5-8,10,13H,2,4,9,11-12H2,1H3. The number of amides is 1. The number of benzene rings is 1. The topological polar surface area (TPSA) is 64.5 Å². The molecular formula is C18H20FN3O3. The van der Waals surface area contributed by atoms with Crippen LogP contribution in [0.4, 0.5) is 4.39 Å². The molecule has 1 unspecified atom stereocenters. The lowest BCUT2D eigenvalue weighted by Crippen LogP contribution is -2.41. The molecule has 1 aromatic carbocycles. The third-order valence-corrected chi connectivity index (χ3v) is 4.20. The van der Waals surface area contributed by atoms with Crippen LogP contribution in [-0.2, 0) is 0 Å². The Kier molecular flexibility index (Phi) is 5.42. The molecule has 1 atom stereocenters. The molecule has 3 rings (SSSR count). The molecule has 1 saturated heterocycles. The number of rotatable bonds is 5. The van der Waals surface area contributed by atoms with Crippen LogP contribution in [0.3, 0.4) is 0 Å². The highest BCUT2D eigenvalue weighted by atomic mass is 19.1. The van der Waals surface area contributed by atoms with Gasteiger partial charge in [0.15, 0.2) is 11.6 Å². The first-order valence-electron chi connectivity index (χ1n) is 8.20. The van der Waals surface area contributed by atoms with E-state index < -0.39 is 5.82 Å². The van der Waals surface area contributed by atoms with Gasteiger partial charge in [-0.05, 0) is 37.1 Å². The van der Waals surface area contributed by atoms with Crippen LogP contribution < -0.4 is 9.47 Å². The fourth-order valence-electron chi connectivity index (χ4n) is 2.92. The van der Waals surface area contributed by atoms with Gasteiger partial charge in [0.2, 0.25) is 0 Å². The van der Waals surface area contributed by atoms with Crippen molar-refractivity contribution in [2.24, 2.45) is 5.92 Å². The number of likely N-dealkylation sites (tertiary alicyclic amines) is 1. The Morgan fingerprint density at radius 1 is 1.36 bits per heavy atom. The van der Waals surface area contributed by atoms with E-state index in [4.69, 9.17) is 9.47 Å². The molecule has 1 aliphatic heterocycles. The number of hydrogen-bond donors (Lipinski definition) is 0. The highest BCUT2D eigenvalue weighted by Crippen LogP contribution is 2.22. The minimum atomic E-state index is -0.536. The van der Waals surface area contributed by atoms with Crippen LogP contribution in [0.15, 0.2) is 36.7 Å². The molecule has 132 valence electrons. The van der Waals surface area contributed by atoms with E-state index in [1.54, 1.807) is 29.4 Å². The van der Waals surface area contributed by atoms with E-state index in [9.17, 15) is 9.18 Å². The average molecular weight is 345 g/mol. The van der Waals surface area contributed by atoms with Gasteiger partial charge in [0.25, 0.3) is 5.91 Å². The number of aromatic nitrogens is 2. The largest absolute Gasteiger partial charge is 0.494 e. The van der Waals surface area contributed by atoms with Crippen LogP contribution in [-0.4, -0.2) is 47.6 Å². The molecule has 25 heavy (non-hydrogen) atoms. The summed E-state index contributed by atoms with van der Waals surface area (Å²) in [6.45, 7) is 1.68. The Bertz CT molecular complexity index is 727. The number of carbonyl (C=O) groups is 1. The van der Waals surface area contributed by atoms with Crippen LogP contribution in [0.2, 0.25) is 0 Å². The van der Waals surface area contributed by atoms with E-state index >= 15 is 0 Å². The zero-order valence-electron chi connectivity index (χ0n) is 14.0. The Balaban J connectivity index is 1.60. The van der Waals surface area contributed by atoms with Crippen molar-refractivity contribution in [2.75, 3.05) is 26.8 Å². The fourth-order valence-corrected chi connectivity index (χ4v) is 2.92. The lowest BCUT2D eigenvalue weighted by molar-refractivity contribution is 0.0628. The van der Waals surface area contributed by atoms with Crippen molar-refractivity contribution in [3.63, 3.8) is 0 Å². The maximum Gasteiger partial charge on any atom is 0.316 e. The molecule has 0 aliphatic carbocycles. The first-order valence-corrected chi connectivity index (χ1v) is 8.20. The highest BCUT2D eigenvalue weighted by molar-refractivity contribution is 5.94. The number of halogens is 1.